The van der Waals surface area contributed by atoms with Gasteiger partial charge >= 0.3 is 0 Å². The molecule has 5 nitrogen and oxygen atoms in total. The summed E-state index contributed by atoms with van der Waals surface area (Å²) in [7, 11) is 0. The fourth-order valence-corrected chi connectivity index (χ4v) is 3.67. The Labute approximate surface area is 148 Å². The van der Waals surface area contributed by atoms with Gasteiger partial charge in [0.25, 0.3) is 0 Å². The number of nitrogens with one attached hydrogen (secondary N) is 1. The molecule has 5 heteroatoms. The molecule has 1 N–H and O–H groups in total. The molecule has 1 saturated heterocycles. The second-order valence-corrected chi connectivity index (χ2v) is 6.74. The minimum atomic E-state index is 0.488. The maximum Gasteiger partial charge on any atom is 0.125 e. The number of hydrogen-bond acceptors (Lipinski definition) is 4. The zero-order valence-electron chi connectivity index (χ0n) is 14.5. The van der Waals surface area contributed by atoms with Crippen LogP contribution in [0.4, 0.5) is 0 Å². The van der Waals surface area contributed by atoms with Gasteiger partial charge in [-0.3, -0.25) is 10.00 Å². The van der Waals surface area contributed by atoms with Crippen LogP contribution in [0.2, 0.25) is 0 Å². The van der Waals surface area contributed by atoms with Crippen LogP contribution in [-0.2, 0) is 6.54 Å². The molecule has 0 aliphatic carbocycles. The topological polar surface area (TPSA) is 57.7 Å². The van der Waals surface area contributed by atoms with Crippen LogP contribution in [0.5, 0.6) is 0 Å². The zero-order chi connectivity index (χ0) is 17.1. The largest absolute Gasteiger partial charge is 0.298 e. The molecule has 0 bridgehead atoms. The van der Waals surface area contributed by atoms with Gasteiger partial charge in [-0.05, 0) is 37.9 Å². The molecular formula is C20H23N5. The number of benzene rings is 1. The molecule has 0 spiro atoms. The summed E-state index contributed by atoms with van der Waals surface area (Å²) in [4.78, 5) is 11.4. The van der Waals surface area contributed by atoms with Crippen molar-refractivity contribution < 1.29 is 0 Å². The van der Waals surface area contributed by atoms with Crippen LogP contribution in [-0.4, -0.2) is 38.2 Å². The molecule has 1 aliphatic heterocycles. The third-order valence-electron chi connectivity index (χ3n) is 4.90. The average molecular weight is 333 g/mol. The number of likely N-dealkylation sites (tertiary alicyclic amines) is 1. The van der Waals surface area contributed by atoms with Gasteiger partial charge in [-0.25, -0.2) is 9.97 Å². The van der Waals surface area contributed by atoms with E-state index < -0.39 is 0 Å². The number of piperidine rings is 1. The Kier molecular flexibility index (Phi) is 4.57. The molecule has 25 heavy (non-hydrogen) atoms. The van der Waals surface area contributed by atoms with Gasteiger partial charge in [0.05, 0.1) is 11.9 Å². The van der Waals surface area contributed by atoms with Crippen LogP contribution in [0.15, 0.2) is 48.8 Å². The van der Waals surface area contributed by atoms with Crippen molar-refractivity contribution in [3.05, 3.63) is 65.9 Å². The standard InChI is InChI=1S/C20H23N5/c1-15-21-10-9-19(23-15)17-8-5-11-25(13-17)14-18-12-22-24-20(18)16-6-3-2-4-7-16/h2-4,6-7,9-10,12,17H,5,8,11,13-14H2,1H3,(H,22,24). The summed E-state index contributed by atoms with van der Waals surface area (Å²) in [5.74, 6) is 1.35. The van der Waals surface area contributed by atoms with E-state index in [-0.39, 0.29) is 0 Å². The number of aromatic amines is 1. The van der Waals surface area contributed by atoms with Crippen molar-refractivity contribution in [1.29, 1.82) is 0 Å². The minimum Gasteiger partial charge on any atom is -0.298 e. The third-order valence-corrected chi connectivity index (χ3v) is 4.90. The van der Waals surface area contributed by atoms with Gasteiger partial charge in [0.1, 0.15) is 5.82 Å². The van der Waals surface area contributed by atoms with E-state index in [9.17, 15) is 0 Å². The smallest absolute Gasteiger partial charge is 0.125 e. The van der Waals surface area contributed by atoms with Crippen LogP contribution < -0.4 is 0 Å². The lowest BCUT2D eigenvalue weighted by molar-refractivity contribution is 0.198. The highest BCUT2D eigenvalue weighted by Crippen LogP contribution is 2.28. The van der Waals surface area contributed by atoms with E-state index in [1.54, 1.807) is 0 Å². The van der Waals surface area contributed by atoms with Crippen LogP contribution in [0.3, 0.4) is 0 Å². The SMILES string of the molecule is Cc1nccc(C2CCCN(Cc3cn[nH]c3-c3ccccc3)C2)n1. The Morgan fingerprint density at radius 3 is 2.92 bits per heavy atom. The molecule has 1 atom stereocenters. The van der Waals surface area contributed by atoms with Crippen LogP contribution >= 0.6 is 0 Å². The second-order valence-electron chi connectivity index (χ2n) is 6.74. The fraction of sp³-hybridized carbons (Fsp3) is 0.350. The second kappa shape index (κ2) is 7.15. The van der Waals surface area contributed by atoms with Crippen LogP contribution in [0.25, 0.3) is 11.3 Å². The van der Waals surface area contributed by atoms with E-state index in [0.29, 0.717) is 5.92 Å². The highest BCUT2D eigenvalue weighted by atomic mass is 15.2. The van der Waals surface area contributed by atoms with E-state index in [1.165, 1.54) is 29.7 Å². The first-order valence-corrected chi connectivity index (χ1v) is 8.89. The van der Waals surface area contributed by atoms with Gasteiger partial charge in [-0.15, -0.1) is 0 Å². The lowest BCUT2D eigenvalue weighted by Crippen LogP contribution is -2.34. The Morgan fingerprint density at radius 1 is 1.20 bits per heavy atom. The summed E-state index contributed by atoms with van der Waals surface area (Å²) >= 11 is 0. The van der Waals surface area contributed by atoms with Crippen molar-refractivity contribution in [3.63, 3.8) is 0 Å². The van der Waals surface area contributed by atoms with Crippen molar-refractivity contribution in [2.24, 2.45) is 0 Å². The van der Waals surface area contributed by atoms with Crippen molar-refractivity contribution in [3.8, 4) is 11.3 Å². The van der Waals surface area contributed by atoms with Crippen molar-refractivity contribution in [1.82, 2.24) is 25.1 Å². The Balaban J connectivity index is 1.49. The Morgan fingerprint density at radius 2 is 2.08 bits per heavy atom. The number of nitrogens with zero attached hydrogens (tertiary/aromatic N) is 4. The molecule has 0 radical (unpaired) electrons. The summed E-state index contributed by atoms with van der Waals surface area (Å²) in [6, 6.07) is 12.5. The Hall–Kier alpha value is -2.53. The number of H-pyrrole nitrogens is 1. The van der Waals surface area contributed by atoms with Gasteiger partial charge in [0.15, 0.2) is 0 Å². The first kappa shape index (κ1) is 16.0. The Bertz CT molecular complexity index is 827. The molecule has 3 heterocycles. The summed E-state index contributed by atoms with van der Waals surface area (Å²) in [6.45, 7) is 5.04. The number of aromatic nitrogens is 4. The average Bonchev–Trinajstić information content (AvgIpc) is 3.11. The van der Waals surface area contributed by atoms with E-state index in [4.69, 9.17) is 0 Å². The summed E-state index contributed by atoms with van der Waals surface area (Å²) < 4.78 is 0. The first-order valence-electron chi connectivity index (χ1n) is 8.89. The number of hydrogen-bond donors (Lipinski definition) is 1. The van der Waals surface area contributed by atoms with Crippen molar-refractivity contribution in [2.45, 2.75) is 32.2 Å². The van der Waals surface area contributed by atoms with E-state index >= 15 is 0 Å². The fourth-order valence-electron chi connectivity index (χ4n) is 3.67. The van der Waals surface area contributed by atoms with Gasteiger partial charge in [0, 0.05) is 36.5 Å². The molecule has 3 aromatic rings. The molecule has 1 fully saturated rings. The number of rotatable bonds is 4. The third kappa shape index (κ3) is 3.61. The zero-order valence-corrected chi connectivity index (χ0v) is 14.5. The predicted molar refractivity (Wildman–Crippen MR) is 98.0 cm³/mol. The predicted octanol–water partition coefficient (Wildman–Crippen LogP) is 3.55. The molecule has 1 aliphatic rings. The van der Waals surface area contributed by atoms with E-state index in [2.05, 4.69) is 55.4 Å². The summed E-state index contributed by atoms with van der Waals surface area (Å²) in [5.41, 5.74) is 4.74. The molecule has 0 saturated carbocycles. The van der Waals surface area contributed by atoms with Crippen molar-refractivity contribution in [2.75, 3.05) is 13.1 Å². The molecule has 4 rings (SSSR count). The highest BCUT2D eigenvalue weighted by molar-refractivity contribution is 5.62. The van der Waals surface area contributed by atoms with Crippen molar-refractivity contribution >= 4 is 0 Å². The van der Waals surface area contributed by atoms with Gasteiger partial charge in [-0.1, -0.05) is 30.3 Å². The van der Waals surface area contributed by atoms with Crippen LogP contribution in [0.1, 0.15) is 35.8 Å². The first-order chi connectivity index (χ1) is 12.3. The lowest BCUT2D eigenvalue weighted by Gasteiger charge is -2.32. The molecule has 1 aromatic carbocycles. The molecule has 0 amide bonds. The quantitative estimate of drug-likeness (QED) is 0.793. The van der Waals surface area contributed by atoms with Crippen LogP contribution in [0, 0.1) is 6.92 Å². The van der Waals surface area contributed by atoms with Gasteiger partial charge in [-0.2, -0.15) is 5.10 Å². The molecule has 2 aromatic heterocycles. The van der Waals surface area contributed by atoms with E-state index in [0.717, 1.165) is 31.2 Å². The maximum absolute atomic E-state index is 4.64. The maximum atomic E-state index is 4.64. The monoisotopic (exact) mass is 333 g/mol. The van der Waals surface area contributed by atoms with E-state index in [1.807, 2.05) is 25.4 Å². The minimum absolute atomic E-state index is 0.488. The normalized spacial score (nSPS) is 18.4. The molecule has 1 unspecified atom stereocenters. The lowest BCUT2D eigenvalue weighted by atomic mass is 9.94. The highest BCUT2D eigenvalue weighted by Gasteiger charge is 2.23. The summed E-state index contributed by atoms with van der Waals surface area (Å²) in [5, 5.41) is 7.45. The number of aryl methyl sites for hydroxylation is 1. The summed E-state index contributed by atoms with van der Waals surface area (Å²) in [6.07, 6.45) is 6.23. The van der Waals surface area contributed by atoms with Gasteiger partial charge < -0.3 is 0 Å². The molecule has 128 valence electrons. The molecular weight excluding hydrogens is 310 g/mol. The van der Waals surface area contributed by atoms with Gasteiger partial charge in [0.2, 0.25) is 0 Å².